The lowest BCUT2D eigenvalue weighted by atomic mass is 10.3. The van der Waals surface area contributed by atoms with E-state index in [-0.39, 0.29) is 17.3 Å². The number of carbonyl (C=O) groups excluding carboxylic acids is 1. The van der Waals surface area contributed by atoms with Gasteiger partial charge in [0.05, 0.1) is 7.11 Å². The number of benzene rings is 1. The second-order valence-electron chi connectivity index (χ2n) is 3.96. The molecule has 4 N–H and O–H groups in total. The highest BCUT2D eigenvalue weighted by atomic mass is 16.5. The number of nitrogen functional groups attached to an aromatic ring is 1. The fraction of sp³-hybridized carbons (Fsp3) is 0.167. The van der Waals surface area contributed by atoms with E-state index in [0.29, 0.717) is 11.4 Å². The molecule has 0 aliphatic carbocycles. The van der Waals surface area contributed by atoms with Crippen molar-refractivity contribution in [1.29, 1.82) is 5.41 Å². The van der Waals surface area contributed by atoms with Gasteiger partial charge in [-0.15, -0.1) is 5.10 Å². The molecular weight excluding hydrogens is 260 g/mol. The minimum atomic E-state index is -0.419. The maximum absolute atomic E-state index is 11.4. The lowest BCUT2D eigenvalue weighted by Crippen LogP contribution is -2.31. The van der Waals surface area contributed by atoms with E-state index in [1.807, 2.05) is 0 Å². The maximum Gasteiger partial charge on any atom is 0.247 e. The molecule has 20 heavy (non-hydrogen) atoms. The second-order valence-corrected chi connectivity index (χ2v) is 3.96. The van der Waals surface area contributed by atoms with Crippen LogP contribution in [0.25, 0.3) is 0 Å². The third-order valence-electron chi connectivity index (χ3n) is 2.50. The van der Waals surface area contributed by atoms with Gasteiger partial charge in [0.15, 0.2) is 11.3 Å². The Morgan fingerprint density at radius 1 is 1.50 bits per heavy atom. The van der Waals surface area contributed by atoms with E-state index in [4.69, 9.17) is 15.9 Å². The molecule has 0 aliphatic heterocycles. The molecule has 0 saturated carbocycles. The highest BCUT2D eigenvalue weighted by molar-refractivity contribution is 5.75. The Bertz CT molecular complexity index is 709. The number of carbonyl (C=O) groups is 1. The van der Waals surface area contributed by atoms with Crippen molar-refractivity contribution in [3.05, 3.63) is 29.8 Å². The van der Waals surface area contributed by atoms with Crippen LogP contribution in [-0.2, 0) is 0 Å². The zero-order valence-corrected chi connectivity index (χ0v) is 11.0. The molecule has 0 spiro atoms. The topological polar surface area (TPSA) is 119 Å². The number of nitrogens with zero attached hydrogens (tertiary/aromatic N) is 3. The molecule has 104 valence electrons. The van der Waals surface area contributed by atoms with Crippen LogP contribution < -0.4 is 21.3 Å². The Labute approximate surface area is 114 Å². The number of nitrogens with one attached hydrogen (secondary N) is 2. The van der Waals surface area contributed by atoms with Crippen molar-refractivity contribution in [2.45, 2.75) is 6.92 Å². The Balaban J connectivity index is 2.38. The molecule has 0 saturated heterocycles. The lowest BCUT2D eigenvalue weighted by molar-refractivity contribution is 0.0913. The summed E-state index contributed by atoms with van der Waals surface area (Å²) in [7, 11) is 1.56. The standard InChI is InChI=1S/C12H14N6O2/c1-7(19)18-11(14)10(13)16-12(17-18)15-8-4-3-5-9(6-8)20-2/h3-6,14H,1-2H3,(H3,13,15,16,17). The van der Waals surface area contributed by atoms with Gasteiger partial charge in [0, 0.05) is 18.7 Å². The Hall–Kier alpha value is -2.90. The van der Waals surface area contributed by atoms with Crippen LogP contribution in [0.1, 0.15) is 11.7 Å². The van der Waals surface area contributed by atoms with Crippen molar-refractivity contribution in [3.8, 4) is 5.75 Å². The van der Waals surface area contributed by atoms with Gasteiger partial charge in [-0.2, -0.15) is 9.67 Å². The maximum atomic E-state index is 11.4. The van der Waals surface area contributed by atoms with E-state index in [9.17, 15) is 4.79 Å². The quantitative estimate of drug-likeness (QED) is 0.760. The number of anilines is 3. The molecular formula is C12H14N6O2. The number of ether oxygens (including phenoxy) is 1. The van der Waals surface area contributed by atoms with Crippen molar-refractivity contribution in [3.63, 3.8) is 0 Å². The summed E-state index contributed by atoms with van der Waals surface area (Å²) in [5.74, 6) is 0.292. The summed E-state index contributed by atoms with van der Waals surface area (Å²) in [5, 5.41) is 14.4. The SMILES string of the molecule is COc1cccc(Nc2nc(N)c(=N)n(C(C)=O)n2)c1. The lowest BCUT2D eigenvalue weighted by Gasteiger charge is -2.09. The highest BCUT2D eigenvalue weighted by Gasteiger charge is 2.08. The average molecular weight is 274 g/mol. The van der Waals surface area contributed by atoms with Gasteiger partial charge in [-0.1, -0.05) is 6.07 Å². The van der Waals surface area contributed by atoms with E-state index in [0.717, 1.165) is 4.68 Å². The van der Waals surface area contributed by atoms with Gasteiger partial charge in [-0.05, 0) is 12.1 Å². The third-order valence-corrected chi connectivity index (χ3v) is 2.50. The molecule has 1 aromatic heterocycles. The predicted molar refractivity (Wildman–Crippen MR) is 72.9 cm³/mol. The van der Waals surface area contributed by atoms with Crippen LogP contribution in [0.2, 0.25) is 0 Å². The predicted octanol–water partition coefficient (Wildman–Crippen LogP) is 0.752. The Morgan fingerprint density at radius 2 is 2.25 bits per heavy atom. The highest BCUT2D eigenvalue weighted by Crippen LogP contribution is 2.19. The summed E-state index contributed by atoms with van der Waals surface area (Å²) >= 11 is 0. The second kappa shape index (κ2) is 5.39. The van der Waals surface area contributed by atoms with Crippen LogP contribution in [0, 0.1) is 5.41 Å². The van der Waals surface area contributed by atoms with Crippen molar-refractivity contribution in [2.75, 3.05) is 18.2 Å². The number of rotatable bonds is 3. The van der Waals surface area contributed by atoms with E-state index in [1.54, 1.807) is 31.4 Å². The molecule has 2 rings (SSSR count). The van der Waals surface area contributed by atoms with E-state index in [2.05, 4.69) is 15.4 Å². The zero-order valence-electron chi connectivity index (χ0n) is 11.0. The summed E-state index contributed by atoms with van der Waals surface area (Å²) < 4.78 is 5.98. The fourth-order valence-corrected chi connectivity index (χ4v) is 1.55. The first kappa shape index (κ1) is 13.5. The third kappa shape index (κ3) is 2.74. The molecule has 0 atom stereocenters. The molecule has 0 radical (unpaired) electrons. The molecule has 0 amide bonds. The molecule has 8 heteroatoms. The van der Waals surface area contributed by atoms with Crippen LogP contribution in [0.5, 0.6) is 5.75 Å². The van der Waals surface area contributed by atoms with Gasteiger partial charge < -0.3 is 15.8 Å². The van der Waals surface area contributed by atoms with Gasteiger partial charge in [0.1, 0.15) is 5.75 Å². The van der Waals surface area contributed by atoms with Gasteiger partial charge >= 0.3 is 0 Å². The summed E-state index contributed by atoms with van der Waals surface area (Å²) in [4.78, 5) is 15.3. The van der Waals surface area contributed by atoms with Crippen molar-refractivity contribution in [1.82, 2.24) is 14.8 Å². The van der Waals surface area contributed by atoms with Crippen molar-refractivity contribution < 1.29 is 9.53 Å². The van der Waals surface area contributed by atoms with Crippen LogP contribution in [-0.4, -0.2) is 27.8 Å². The molecule has 0 aliphatic rings. The minimum Gasteiger partial charge on any atom is -0.497 e. The van der Waals surface area contributed by atoms with E-state index < -0.39 is 5.91 Å². The monoisotopic (exact) mass is 274 g/mol. The molecule has 1 aromatic carbocycles. The van der Waals surface area contributed by atoms with E-state index >= 15 is 0 Å². The Morgan fingerprint density at radius 3 is 2.90 bits per heavy atom. The van der Waals surface area contributed by atoms with Crippen molar-refractivity contribution >= 4 is 23.4 Å². The van der Waals surface area contributed by atoms with Crippen LogP contribution in [0.15, 0.2) is 24.3 Å². The van der Waals surface area contributed by atoms with E-state index in [1.165, 1.54) is 6.92 Å². The minimum absolute atomic E-state index is 0.0828. The zero-order chi connectivity index (χ0) is 14.7. The summed E-state index contributed by atoms with van der Waals surface area (Å²) in [6, 6.07) is 7.12. The number of aromatic nitrogens is 3. The van der Waals surface area contributed by atoms with Crippen LogP contribution in [0.4, 0.5) is 17.5 Å². The molecule has 0 bridgehead atoms. The summed E-state index contributed by atoms with van der Waals surface area (Å²) in [6.07, 6.45) is 0. The summed E-state index contributed by atoms with van der Waals surface area (Å²) in [5.41, 5.74) is 6.03. The first-order valence-electron chi connectivity index (χ1n) is 5.74. The van der Waals surface area contributed by atoms with Gasteiger partial charge in [0.2, 0.25) is 11.9 Å². The van der Waals surface area contributed by atoms with Crippen LogP contribution in [0.3, 0.4) is 0 Å². The van der Waals surface area contributed by atoms with Gasteiger partial charge in [-0.3, -0.25) is 10.2 Å². The number of nitrogens with two attached hydrogens (primary N) is 1. The molecule has 2 aromatic rings. The molecule has 8 nitrogen and oxygen atoms in total. The smallest absolute Gasteiger partial charge is 0.247 e. The number of hydrogen-bond donors (Lipinski definition) is 3. The largest absolute Gasteiger partial charge is 0.497 e. The fourth-order valence-electron chi connectivity index (χ4n) is 1.55. The molecule has 0 fully saturated rings. The van der Waals surface area contributed by atoms with Gasteiger partial charge in [0.25, 0.3) is 0 Å². The normalized spacial score (nSPS) is 10.1. The first-order valence-corrected chi connectivity index (χ1v) is 5.74. The molecule has 1 heterocycles. The van der Waals surface area contributed by atoms with Gasteiger partial charge in [-0.25, -0.2) is 0 Å². The number of methoxy groups -OCH3 is 1. The average Bonchev–Trinajstić information content (AvgIpc) is 2.42. The van der Waals surface area contributed by atoms with Crippen molar-refractivity contribution in [2.24, 2.45) is 0 Å². The molecule has 0 unspecified atom stereocenters. The first-order chi connectivity index (χ1) is 9.51. The number of hydrogen-bond acceptors (Lipinski definition) is 7. The Kier molecular flexibility index (Phi) is 3.65. The summed E-state index contributed by atoms with van der Waals surface area (Å²) in [6.45, 7) is 1.29. The van der Waals surface area contributed by atoms with Crippen LogP contribution >= 0.6 is 0 Å².